The Morgan fingerprint density at radius 2 is 1.32 bits per heavy atom. The Balaban J connectivity index is 3.39. The number of hydrogen-bond donors (Lipinski definition) is 2. The number of carbonyl (C=O) groups is 4. The SMILES string of the molecule is CC(=O)O[C@](Cc1ccc(OC(=O)OC(C)C(C)C)c(OC(=O)OC(C)C(C)C)c1)(NC(C)C)C(=O)O. The summed E-state index contributed by atoms with van der Waals surface area (Å²) in [5.41, 5.74) is -1.80. The average Bonchev–Trinajstić information content (AvgIpc) is 2.74. The van der Waals surface area contributed by atoms with E-state index in [2.05, 4.69) is 5.32 Å². The van der Waals surface area contributed by atoms with E-state index in [1.807, 2.05) is 27.7 Å². The van der Waals surface area contributed by atoms with Gasteiger partial charge in [0.15, 0.2) is 11.5 Å². The summed E-state index contributed by atoms with van der Waals surface area (Å²) in [5.74, 6) is -2.53. The molecule has 2 unspecified atom stereocenters. The molecule has 0 bridgehead atoms. The van der Waals surface area contributed by atoms with Gasteiger partial charge in [0.05, 0.1) is 0 Å². The highest BCUT2D eigenvalue weighted by Gasteiger charge is 2.43. The first kappa shape index (κ1) is 31.7. The fourth-order valence-electron chi connectivity index (χ4n) is 2.93. The maximum absolute atomic E-state index is 12.4. The Morgan fingerprint density at radius 1 is 0.838 bits per heavy atom. The van der Waals surface area contributed by atoms with Crippen molar-refractivity contribution in [3.05, 3.63) is 23.8 Å². The van der Waals surface area contributed by atoms with E-state index in [0.29, 0.717) is 5.56 Å². The molecular weight excluding hydrogens is 486 g/mol. The number of aliphatic carboxylic acids is 1. The van der Waals surface area contributed by atoms with Crippen LogP contribution in [0.15, 0.2) is 18.2 Å². The molecule has 1 aromatic carbocycles. The van der Waals surface area contributed by atoms with Gasteiger partial charge in [0.25, 0.3) is 5.72 Å². The second-order valence-corrected chi connectivity index (χ2v) is 9.82. The first-order valence-corrected chi connectivity index (χ1v) is 12.2. The molecule has 1 aromatic rings. The maximum Gasteiger partial charge on any atom is 0.514 e. The van der Waals surface area contributed by atoms with Crippen LogP contribution in [0.1, 0.15) is 67.9 Å². The van der Waals surface area contributed by atoms with Crippen LogP contribution in [-0.4, -0.2) is 53.3 Å². The first-order valence-electron chi connectivity index (χ1n) is 12.2. The van der Waals surface area contributed by atoms with E-state index in [1.165, 1.54) is 18.2 Å². The van der Waals surface area contributed by atoms with Gasteiger partial charge in [-0.3, -0.25) is 10.1 Å². The molecule has 1 rings (SSSR count). The zero-order valence-electron chi connectivity index (χ0n) is 22.9. The van der Waals surface area contributed by atoms with E-state index < -0.39 is 42.2 Å². The average molecular weight is 526 g/mol. The molecule has 0 heterocycles. The fourth-order valence-corrected chi connectivity index (χ4v) is 2.93. The van der Waals surface area contributed by atoms with Gasteiger partial charge in [-0.1, -0.05) is 33.8 Å². The Kier molecular flexibility index (Phi) is 11.8. The van der Waals surface area contributed by atoms with Gasteiger partial charge in [0.2, 0.25) is 0 Å². The van der Waals surface area contributed by atoms with E-state index in [0.717, 1.165) is 6.92 Å². The molecule has 0 aliphatic heterocycles. The number of carbonyl (C=O) groups excluding carboxylic acids is 3. The summed E-state index contributed by atoms with van der Waals surface area (Å²) in [6.07, 6.45) is -3.28. The normalized spacial score (nSPS) is 14.5. The zero-order valence-corrected chi connectivity index (χ0v) is 22.9. The largest absolute Gasteiger partial charge is 0.514 e. The van der Waals surface area contributed by atoms with Gasteiger partial charge in [-0.05, 0) is 57.2 Å². The summed E-state index contributed by atoms with van der Waals surface area (Å²) in [6, 6.07) is 3.71. The molecule has 37 heavy (non-hydrogen) atoms. The summed E-state index contributed by atoms with van der Waals surface area (Å²) in [7, 11) is 0. The number of hydrogen-bond acceptors (Lipinski definition) is 10. The molecule has 11 heteroatoms. The van der Waals surface area contributed by atoms with Crippen LogP contribution in [0, 0.1) is 11.8 Å². The second kappa shape index (κ2) is 13.8. The third-order valence-corrected chi connectivity index (χ3v) is 5.47. The zero-order chi connectivity index (χ0) is 28.5. The molecule has 0 fully saturated rings. The lowest BCUT2D eigenvalue weighted by Crippen LogP contribution is -2.59. The molecule has 0 aliphatic rings. The summed E-state index contributed by atoms with van der Waals surface area (Å²) in [6.45, 7) is 15.4. The molecule has 2 N–H and O–H groups in total. The molecule has 0 saturated heterocycles. The lowest BCUT2D eigenvalue weighted by molar-refractivity contribution is -0.182. The third kappa shape index (κ3) is 10.3. The second-order valence-electron chi connectivity index (χ2n) is 9.82. The van der Waals surface area contributed by atoms with E-state index in [4.69, 9.17) is 23.7 Å². The summed E-state index contributed by atoms with van der Waals surface area (Å²) < 4.78 is 26.3. The van der Waals surface area contributed by atoms with Crippen molar-refractivity contribution in [2.45, 2.75) is 92.7 Å². The van der Waals surface area contributed by atoms with Crippen molar-refractivity contribution < 1.29 is 48.0 Å². The molecule has 3 atom stereocenters. The molecule has 0 amide bonds. The summed E-state index contributed by atoms with van der Waals surface area (Å²) in [5, 5.41) is 12.7. The van der Waals surface area contributed by atoms with Crippen molar-refractivity contribution in [2.75, 3.05) is 0 Å². The van der Waals surface area contributed by atoms with Crippen LogP contribution in [0.4, 0.5) is 9.59 Å². The Morgan fingerprint density at radius 3 is 1.73 bits per heavy atom. The summed E-state index contributed by atoms with van der Waals surface area (Å²) in [4.78, 5) is 48.7. The minimum Gasteiger partial charge on any atom is -0.477 e. The molecule has 11 nitrogen and oxygen atoms in total. The van der Waals surface area contributed by atoms with Crippen LogP contribution < -0.4 is 14.8 Å². The highest BCUT2D eigenvalue weighted by Crippen LogP contribution is 2.32. The quantitative estimate of drug-likeness (QED) is 0.169. The number of nitrogens with one attached hydrogen (secondary N) is 1. The highest BCUT2D eigenvalue weighted by molar-refractivity contribution is 5.81. The van der Waals surface area contributed by atoms with Crippen LogP contribution in [0.3, 0.4) is 0 Å². The molecule has 0 radical (unpaired) electrons. The summed E-state index contributed by atoms with van der Waals surface area (Å²) >= 11 is 0. The van der Waals surface area contributed by atoms with Crippen LogP contribution in [0.25, 0.3) is 0 Å². The molecule has 0 aliphatic carbocycles. The third-order valence-electron chi connectivity index (χ3n) is 5.47. The first-order chi connectivity index (χ1) is 17.1. The molecule has 0 aromatic heterocycles. The van der Waals surface area contributed by atoms with E-state index in [-0.39, 0.29) is 35.8 Å². The lowest BCUT2D eigenvalue weighted by atomic mass is 10.0. The molecular formula is C26H39NO10. The van der Waals surface area contributed by atoms with Crippen molar-refractivity contribution in [3.63, 3.8) is 0 Å². The highest BCUT2D eigenvalue weighted by atomic mass is 16.8. The number of benzene rings is 1. The standard InChI is InChI=1S/C26H39NO10/c1-14(2)17(7)33-24(31)35-21-11-10-20(12-22(21)36-25(32)34-18(8)15(3)4)13-26(23(29)30,27-16(5)6)37-19(9)28/h10-12,14-18,27H,13H2,1-9H3,(H,29,30)/t17?,18?,26-/m0/s1. The van der Waals surface area contributed by atoms with Gasteiger partial charge < -0.3 is 28.8 Å². The maximum atomic E-state index is 12.4. The van der Waals surface area contributed by atoms with E-state index >= 15 is 0 Å². The van der Waals surface area contributed by atoms with Gasteiger partial charge in [-0.25, -0.2) is 14.4 Å². The molecule has 0 spiro atoms. The topological polar surface area (TPSA) is 147 Å². The predicted molar refractivity (Wildman–Crippen MR) is 133 cm³/mol. The van der Waals surface area contributed by atoms with Crippen LogP contribution in [0.5, 0.6) is 11.5 Å². The van der Waals surface area contributed by atoms with Crippen molar-refractivity contribution in [3.8, 4) is 11.5 Å². The van der Waals surface area contributed by atoms with Crippen molar-refractivity contribution in [1.29, 1.82) is 0 Å². The Labute approximate surface area is 217 Å². The Hall–Kier alpha value is -3.34. The van der Waals surface area contributed by atoms with Crippen molar-refractivity contribution in [1.82, 2.24) is 5.32 Å². The number of carboxylic acids is 1. The van der Waals surface area contributed by atoms with Crippen molar-refractivity contribution in [2.24, 2.45) is 11.8 Å². The monoisotopic (exact) mass is 525 g/mol. The van der Waals surface area contributed by atoms with Crippen LogP contribution in [0.2, 0.25) is 0 Å². The van der Waals surface area contributed by atoms with Crippen LogP contribution in [-0.2, 0) is 30.2 Å². The van der Waals surface area contributed by atoms with Gasteiger partial charge >= 0.3 is 24.2 Å². The van der Waals surface area contributed by atoms with Gasteiger partial charge in [-0.15, -0.1) is 0 Å². The number of ether oxygens (including phenoxy) is 5. The van der Waals surface area contributed by atoms with Gasteiger partial charge in [0, 0.05) is 19.4 Å². The smallest absolute Gasteiger partial charge is 0.477 e. The minimum atomic E-state index is -2.10. The minimum absolute atomic E-state index is 0.0177. The van der Waals surface area contributed by atoms with Gasteiger partial charge in [-0.2, -0.15) is 0 Å². The van der Waals surface area contributed by atoms with Crippen molar-refractivity contribution >= 4 is 24.2 Å². The number of rotatable bonds is 12. The van der Waals surface area contributed by atoms with E-state index in [9.17, 15) is 24.3 Å². The lowest BCUT2D eigenvalue weighted by Gasteiger charge is -2.32. The fraction of sp³-hybridized carbons (Fsp3) is 0.615. The van der Waals surface area contributed by atoms with Crippen LogP contribution >= 0.6 is 0 Å². The Bertz CT molecular complexity index is 959. The van der Waals surface area contributed by atoms with Gasteiger partial charge in [0.1, 0.15) is 12.2 Å². The number of esters is 1. The molecule has 0 saturated carbocycles. The number of carboxylic acid groups (broad SMARTS) is 1. The molecule has 208 valence electrons. The predicted octanol–water partition coefficient (Wildman–Crippen LogP) is 4.69. The van der Waals surface area contributed by atoms with E-state index in [1.54, 1.807) is 27.7 Å².